The Morgan fingerprint density at radius 3 is 2.76 bits per heavy atom. The predicted molar refractivity (Wildman–Crippen MR) is 84.6 cm³/mol. The Morgan fingerprint density at radius 2 is 2.14 bits per heavy atom. The van der Waals surface area contributed by atoms with E-state index in [4.69, 9.17) is 14.2 Å². The van der Waals surface area contributed by atoms with Crippen LogP contribution in [0.25, 0.3) is 0 Å². The monoisotopic (exact) mass is 316 g/mol. The Kier molecular flexibility index (Phi) is 7.78. The van der Waals surface area contributed by atoms with E-state index in [9.17, 15) is 0 Å². The molecule has 1 aliphatic rings. The third kappa shape index (κ3) is 5.69. The number of ether oxygens (including phenoxy) is 3. The van der Waals surface area contributed by atoms with Crippen LogP contribution in [0.4, 0.5) is 0 Å². The van der Waals surface area contributed by atoms with E-state index >= 15 is 0 Å². The molecule has 0 unspecified atom stereocenters. The van der Waals surface area contributed by atoms with E-state index in [0.29, 0.717) is 12.5 Å². The van der Waals surface area contributed by atoms with Crippen LogP contribution in [0.15, 0.2) is 18.3 Å². The number of pyridine rings is 1. The summed E-state index contributed by atoms with van der Waals surface area (Å²) in [4.78, 5) is 4.30. The zero-order valence-electron chi connectivity index (χ0n) is 12.9. The molecule has 6 heteroatoms. The van der Waals surface area contributed by atoms with Gasteiger partial charge in [-0.05, 0) is 39.8 Å². The van der Waals surface area contributed by atoms with Gasteiger partial charge in [0, 0.05) is 19.2 Å². The summed E-state index contributed by atoms with van der Waals surface area (Å²) in [5.41, 5.74) is 0. The highest BCUT2D eigenvalue weighted by atomic mass is 35.5. The molecule has 0 radical (unpaired) electrons. The highest BCUT2D eigenvalue weighted by Crippen LogP contribution is 2.19. The highest BCUT2D eigenvalue weighted by molar-refractivity contribution is 5.85. The fourth-order valence-corrected chi connectivity index (χ4v) is 2.25. The summed E-state index contributed by atoms with van der Waals surface area (Å²) >= 11 is 0. The number of rotatable bonds is 6. The zero-order chi connectivity index (χ0) is 14.4. The summed E-state index contributed by atoms with van der Waals surface area (Å²) in [6.07, 6.45) is 2.92. The van der Waals surface area contributed by atoms with Crippen LogP contribution >= 0.6 is 12.4 Å². The standard InChI is InChI=1S/C15H24N2O3.ClH/c1-4-18-14-10-16-8-7-13(14)20-15-6-5-12(9-17-15)19-11(2)3;/h5-6,9,11,13-14,16H,4,7-8,10H2,1-3H3;1H/t13-,14-;/m0./s1. The van der Waals surface area contributed by atoms with Crippen molar-refractivity contribution in [3.8, 4) is 11.6 Å². The second-order valence-electron chi connectivity index (χ2n) is 5.14. The summed E-state index contributed by atoms with van der Waals surface area (Å²) in [5, 5.41) is 3.32. The molecule has 0 aromatic carbocycles. The third-order valence-electron chi connectivity index (χ3n) is 3.10. The number of piperidine rings is 1. The first-order chi connectivity index (χ1) is 9.69. The topological polar surface area (TPSA) is 52.6 Å². The second-order valence-corrected chi connectivity index (χ2v) is 5.14. The average molecular weight is 317 g/mol. The van der Waals surface area contributed by atoms with Gasteiger partial charge in [-0.25, -0.2) is 4.98 Å². The molecule has 1 saturated heterocycles. The molecule has 5 nitrogen and oxygen atoms in total. The van der Waals surface area contributed by atoms with Crippen molar-refractivity contribution in [2.75, 3.05) is 19.7 Å². The normalized spacial score (nSPS) is 21.7. The Bertz CT molecular complexity index is 398. The SMILES string of the molecule is CCO[C@H]1CNCC[C@@H]1Oc1ccc(OC(C)C)cn1.Cl. The van der Waals surface area contributed by atoms with Crippen molar-refractivity contribution in [2.45, 2.75) is 45.5 Å². The zero-order valence-corrected chi connectivity index (χ0v) is 13.7. The van der Waals surface area contributed by atoms with Crippen molar-refractivity contribution in [3.05, 3.63) is 18.3 Å². The van der Waals surface area contributed by atoms with Crippen molar-refractivity contribution < 1.29 is 14.2 Å². The quantitative estimate of drug-likeness (QED) is 0.873. The van der Waals surface area contributed by atoms with E-state index in [-0.39, 0.29) is 30.7 Å². The van der Waals surface area contributed by atoms with Crippen LogP contribution in [-0.4, -0.2) is 43.0 Å². The maximum Gasteiger partial charge on any atom is 0.213 e. The Balaban J connectivity index is 0.00000220. The van der Waals surface area contributed by atoms with Crippen LogP contribution < -0.4 is 14.8 Å². The molecule has 0 spiro atoms. The fraction of sp³-hybridized carbons (Fsp3) is 0.667. The number of halogens is 1. The van der Waals surface area contributed by atoms with E-state index in [1.807, 2.05) is 32.9 Å². The van der Waals surface area contributed by atoms with Crippen molar-refractivity contribution in [2.24, 2.45) is 0 Å². The summed E-state index contributed by atoms with van der Waals surface area (Å²) in [6.45, 7) is 8.46. The van der Waals surface area contributed by atoms with Crippen molar-refractivity contribution >= 4 is 12.4 Å². The smallest absolute Gasteiger partial charge is 0.213 e. The van der Waals surface area contributed by atoms with Crippen LogP contribution in [0.1, 0.15) is 27.2 Å². The van der Waals surface area contributed by atoms with Gasteiger partial charge in [-0.3, -0.25) is 0 Å². The summed E-state index contributed by atoms with van der Waals surface area (Å²) in [6, 6.07) is 3.74. The van der Waals surface area contributed by atoms with E-state index in [1.54, 1.807) is 6.20 Å². The molecule has 1 aromatic rings. The minimum atomic E-state index is 0. The molecule has 21 heavy (non-hydrogen) atoms. The summed E-state index contributed by atoms with van der Waals surface area (Å²) < 4.78 is 17.2. The number of nitrogens with zero attached hydrogens (tertiary/aromatic N) is 1. The third-order valence-corrected chi connectivity index (χ3v) is 3.10. The van der Waals surface area contributed by atoms with Gasteiger partial charge in [0.05, 0.1) is 12.3 Å². The number of hydrogen-bond acceptors (Lipinski definition) is 5. The molecular weight excluding hydrogens is 292 g/mol. The molecular formula is C15H25ClN2O3. The van der Waals surface area contributed by atoms with Crippen LogP contribution in [0.2, 0.25) is 0 Å². The molecule has 0 bridgehead atoms. The minimum Gasteiger partial charge on any atom is -0.489 e. The van der Waals surface area contributed by atoms with Crippen LogP contribution in [-0.2, 0) is 4.74 Å². The second kappa shape index (κ2) is 9.07. The first-order valence-corrected chi connectivity index (χ1v) is 7.30. The van der Waals surface area contributed by atoms with Gasteiger partial charge >= 0.3 is 0 Å². The first-order valence-electron chi connectivity index (χ1n) is 7.30. The average Bonchev–Trinajstić information content (AvgIpc) is 2.43. The molecule has 2 heterocycles. The molecule has 1 aliphatic heterocycles. The number of hydrogen-bond donors (Lipinski definition) is 1. The lowest BCUT2D eigenvalue weighted by Crippen LogP contribution is -2.48. The lowest BCUT2D eigenvalue weighted by atomic mass is 10.1. The Hall–Kier alpha value is -1.04. The van der Waals surface area contributed by atoms with Gasteiger partial charge in [-0.15, -0.1) is 12.4 Å². The lowest BCUT2D eigenvalue weighted by Gasteiger charge is -2.31. The minimum absolute atomic E-state index is 0. The van der Waals surface area contributed by atoms with Gasteiger partial charge in [0.1, 0.15) is 18.0 Å². The van der Waals surface area contributed by atoms with E-state index in [0.717, 1.165) is 25.3 Å². The van der Waals surface area contributed by atoms with Crippen LogP contribution in [0.5, 0.6) is 11.6 Å². The van der Waals surface area contributed by atoms with E-state index < -0.39 is 0 Å². The Labute approximate surface area is 132 Å². The van der Waals surface area contributed by atoms with Crippen LogP contribution in [0, 0.1) is 0 Å². The van der Waals surface area contributed by atoms with E-state index in [1.165, 1.54) is 0 Å². The Morgan fingerprint density at radius 1 is 1.33 bits per heavy atom. The maximum absolute atomic E-state index is 5.95. The van der Waals surface area contributed by atoms with Crippen molar-refractivity contribution in [1.82, 2.24) is 10.3 Å². The largest absolute Gasteiger partial charge is 0.489 e. The first kappa shape index (κ1) is 18.0. The molecule has 0 aliphatic carbocycles. The lowest BCUT2D eigenvalue weighted by molar-refractivity contribution is -0.0359. The molecule has 2 atom stereocenters. The predicted octanol–water partition coefficient (Wildman–Crippen LogP) is 2.44. The number of nitrogens with one attached hydrogen (secondary N) is 1. The molecule has 120 valence electrons. The maximum atomic E-state index is 5.95. The molecule has 2 rings (SSSR count). The molecule has 1 N–H and O–H groups in total. The van der Waals surface area contributed by atoms with Crippen LogP contribution in [0.3, 0.4) is 0 Å². The van der Waals surface area contributed by atoms with Gasteiger partial charge in [-0.1, -0.05) is 0 Å². The highest BCUT2D eigenvalue weighted by Gasteiger charge is 2.27. The number of aromatic nitrogens is 1. The summed E-state index contributed by atoms with van der Waals surface area (Å²) in [7, 11) is 0. The summed E-state index contributed by atoms with van der Waals surface area (Å²) in [5.74, 6) is 1.39. The van der Waals surface area contributed by atoms with Gasteiger partial charge < -0.3 is 19.5 Å². The van der Waals surface area contributed by atoms with Gasteiger partial charge in [0.25, 0.3) is 0 Å². The van der Waals surface area contributed by atoms with Gasteiger partial charge in [0.2, 0.25) is 5.88 Å². The van der Waals surface area contributed by atoms with Crippen molar-refractivity contribution in [1.29, 1.82) is 0 Å². The molecule has 0 saturated carbocycles. The molecule has 1 fully saturated rings. The molecule has 0 amide bonds. The van der Waals surface area contributed by atoms with Gasteiger partial charge in [0.15, 0.2) is 0 Å². The van der Waals surface area contributed by atoms with Gasteiger partial charge in [-0.2, -0.15) is 0 Å². The van der Waals surface area contributed by atoms with E-state index in [2.05, 4.69) is 10.3 Å². The molecule has 1 aromatic heterocycles. The van der Waals surface area contributed by atoms with Crippen molar-refractivity contribution in [3.63, 3.8) is 0 Å². The fourth-order valence-electron chi connectivity index (χ4n) is 2.25.